The number of amides is 2. The summed E-state index contributed by atoms with van der Waals surface area (Å²) in [7, 11) is 4.37. The molecule has 8 nitrogen and oxygen atoms in total. The second-order valence-corrected chi connectivity index (χ2v) is 5.99. The minimum absolute atomic E-state index is 0.00417. The molecule has 0 radical (unpaired) electrons. The van der Waals surface area contributed by atoms with Gasteiger partial charge in [0.1, 0.15) is 5.70 Å². The number of ether oxygens (including phenoxy) is 3. The summed E-state index contributed by atoms with van der Waals surface area (Å²) in [5, 5.41) is 2.58. The van der Waals surface area contributed by atoms with Gasteiger partial charge in [-0.1, -0.05) is 31.2 Å². The predicted molar refractivity (Wildman–Crippen MR) is 110 cm³/mol. The quantitative estimate of drug-likeness (QED) is 0.271. The van der Waals surface area contributed by atoms with Crippen molar-refractivity contribution in [2.45, 2.75) is 13.3 Å². The molecule has 0 heterocycles. The number of benzene rings is 2. The fourth-order valence-electron chi connectivity index (χ4n) is 2.66. The molecule has 29 heavy (non-hydrogen) atoms. The van der Waals surface area contributed by atoms with Gasteiger partial charge in [-0.05, 0) is 35.8 Å². The topological polar surface area (TPSA) is 112 Å². The molecule has 0 spiro atoms. The first-order valence-corrected chi connectivity index (χ1v) is 8.90. The van der Waals surface area contributed by atoms with E-state index < -0.39 is 11.8 Å². The lowest BCUT2D eigenvalue weighted by molar-refractivity contribution is -0.117. The van der Waals surface area contributed by atoms with Gasteiger partial charge in [-0.2, -0.15) is 0 Å². The van der Waals surface area contributed by atoms with Gasteiger partial charge in [0.05, 0.1) is 21.3 Å². The van der Waals surface area contributed by atoms with E-state index in [9.17, 15) is 9.59 Å². The van der Waals surface area contributed by atoms with Crippen LogP contribution >= 0.6 is 0 Å². The maximum Gasteiger partial charge on any atom is 0.281 e. The second-order valence-electron chi connectivity index (χ2n) is 5.99. The number of hydrazine groups is 1. The highest BCUT2D eigenvalue weighted by atomic mass is 16.5. The third-order valence-corrected chi connectivity index (χ3v) is 4.25. The summed E-state index contributed by atoms with van der Waals surface area (Å²) in [5.74, 6) is 5.10. The summed E-state index contributed by atoms with van der Waals surface area (Å²) in [6.07, 6.45) is 2.44. The van der Waals surface area contributed by atoms with Gasteiger partial charge < -0.3 is 19.5 Å². The summed E-state index contributed by atoms with van der Waals surface area (Å²) >= 11 is 0. The first kappa shape index (κ1) is 21.8. The number of rotatable bonds is 8. The summed E-state index contributed by atoms with van der Waals surface area (Å²) in [6, 6.07) is 10.6. The Balaban J connectivity index is 2.37. The first-order valence-electron chi connectivity index (χ1n) is 8.90. The Morgan fingerprint density at radius 2 is 1.59 bits per heavy atom. The molecule has 0 atom stereocenters. The molecule has 154 valence electrons. The molecular formula is C21H25N3O5. The van der Waals surface area contributed by atoms with Crippen LogP contribution in [0, 0.1) is 0 Å². The van der Waals surface area contributed by atoms with Crippen molar-refractivity contribution in [1.82, 2.24) is 10.7 Å². The summed E-state index contributed by atoms with van der Waals surface area (Å²) in [6.45, 7) is 2.05. The van der Waals surface area contributed by atoms with Crippen LogP contribution in [0.1, 0.15) is 28.4 Å². The lowest BCUT2D eigenvalue weighted by Gasteiger charge is -2.14. The minimum atomic E-state index is -0.634. The molecule has 0 aliphatic carbocycles. The molecule has 8 heteroatoms. The molecule has 0 saturated heterocycles. The Labute approximate surface area is 169 Å². The van der Waals surface area contributed by atoms with Crippen LogP contribution in [0.25, 0.3) is 6.08 Å². The Hall–Kier alpha value is -3.52. The normalized spacial score (nSPS) is 10.9. The molecule has 0 unspecified atom stereocenters. The van der Waals surface area contributed by atoms with Crippen LogP contribution in [0.2, 0.25) is 0 Å². The van der Waals surface area contributed by atoms with Crippen molar-refractivity contribution in [3.8, 4) is 17.2 Å². The monoisotopic (exact) mass is 399 g/mol. The Kier molecular flexibility index (Phi) is 7.62. The van der Waals surface area contributed by atoms with Gasteiger partial charge in [-0.15, -0.1) is 0 Å². The molecule has 2 amide bonds. The Bertz CT molecular complexity index is 882. The zero-order chi connectivity index (χ0) is 21.4. The second kappa shape index (κ2) is 10.1. The van der Waals surface area contributed by atoms with E-state index in [1.807, 2.05) is 29.7 Å². The van der Waals surface area contributed by atoms with Gasteiger partial charge in [-0.25, -0.2) is 5.84 Å². The lowest BCUT2D eigenvalue weighted by Crippen LogP contribution is -2.38. The predicted octanol–water partition coefficient (Wildman–Crippen LogP) is 2.04. The summed E-state index contributed by atoms with van der Waals surface area (Å²) in [5.41, 5.74) is 4.15. The largest absolute Gasteiger partial charge is 0.493 e. The first-order chi connectivity index (χ1) is 14.0. The zero-order valence-electron chi connectivity index (χ0n) is 16.9. The molecule has 2 rings (SSSR count). The maximum absolute atomic E-state index is 12.8. The number of methoxy groups -OCH3 is 3. The molecule has 0 aliphatic rings. The third-order valence-electron chi connectivity index (χ3n) is 4.25. The van der Waals surface area contributed by atoms with E-state index in [4.69, 9.17) is 20.1 Å². The SMILES string of the molecule is CCc1ccc(/C=C(/NC(=O)c2cc(OC)c(OC)c(OC)c2)C(=O)NN)cc1. The molecular weight excluding hydrogens is 374 g/mol. The van der Waals surface area contributed by atoms with Crippen LogP contribution in [0.4, 0.5) is 0 Å². The van der Waals surface area contributed by atoms with E-state index in [2.05, 4.69) is 12.2 Å². The highest BCUT2D eigenvalue weighted by molar-refractivity contribution is 6.05. The van der Waals surface area contributed by atoms with Crippen LogP contribution in [-0.2, 0) is 11.2 Å². The number of nitrogens with one attached hydrogen (secondary N) is 2. The van der Waals surface area contributed by atoms with E-state index >= 15 is 0 Å². The smallest absolute Gasteiger partial charge is 0.281 e. The minimum Gasteiger partial charge on any atom is -0.493 e. The van der Waals surface area contributed by atoms with Crippen LogP contribution in [0.5, 0.6) is 17.2 Å². The number of hydrogen-bond donors (Lipinski definition) is 3. The molecule has 4 N–H and O–H groups in total. The van der Waals surface area contributed by atoms with Crippen LogP contribution in [0.15, 0.2) is 42.1 Å². The molecule has 0 bridgehead atoms. The van der Waals surface area contributed by atoms with Gasteiger partial charge in [0.15, 0.2) is 11.5 Å². The van der Waals surface area contributed by atoms with E-state index in [0.29, 0.717) is 17.2 Å². The molecule has 0 aromatic heterocycles. The van der Waals surface area contributed by atoms with E-state index in [-0.39, 0.29) is 11.3 Å². The molecule has 0 fully saturated rings. The van der Waals surface area contributed by atoms with Crippen molar-refractivity contribution in [2.24, 2.45) is 5.84 Å². The van der Waals surface area contributed by atoms with Gasteiger partial charge in [0.25, 0.3) is 11.8 Å². The van der Waals surface area contributed by atoms with Crippen molar-refractivity contribution >= 4 is 17.9 Å². The highest BCUT2D eigenvalue weighted by Crippen LogP contribution is 2.38. The van der Waals surface area contributed by atoms with Crippen molar-refractivity contribution in [1.29, 1.82) is 0 Å². The number of nitrogens with two attached hydrogens (primary N) is 1. The molecule has 0 aliphatic heterocycles. The van der Waals surface area contributed by atoms with E-state index in [0.717, 1.165) is 17.5 Å². The van der Waals surface area contributed by atoms with E-state index in [1.54, 1.807) is 0 Å². The third kappa shape index (κ3) is 5.26. The molecule has 2 aromatic carbocycles. The van der Waals surface area contributed by atoms with Crippen LogP contribution in [-0.4, -0.2) is 33.1 Å². The number of aryl methyl sites for hydroxylation is 1. The van der Waals surface area contributed by atoms with Gasteiger partial charge in [-0.3, -0.25) is 15.0 Å². The average Bonchev–Trinajstić information content (AvgIpc) is 2.77. The molecule has 2 aromatic rings. The van der Waals surface area contributed by atoms with Gasteiger partial charge >= 0.3 is 0 Å². The van der Waals surface area contributed by atoms with Gasteiger partial charge in [0, 0.05) is 5.56 Å². The average molecular weight is 399 g/mol. The van der Waals surface area contributed by atoms with Crippen molar-refractivity contribution < 1.29 is 23.8 Å². The van der Waals surface area contributed by atoms with Crippen molar-refractivity contribution in [3.05, 3.63) is 58.8 Å². The van der Waals surface area contributed by atoms with Gasteiger partial charge in [0.2, 0.25) is 5.75 Å². The highest BCUT2D eigenvalue weighted by Gasteiger charge is 2.19. The van der Waals surface area contributed by atoms with E-state index in [1.165, 1.54) is 39.5 Å². The Morgan fingerprint density at radius 3 is 2.03 bits per heavy atom. The number of carbonyl (C=O) groups excluding carboxylic acids is 2. The van der Waals surface area contributed by atoms with Crippen molar-refractivity contribution in [2.75, 3.05) is 21.3 Å². The fourth-order valence-corrected chi connectivity index (χ4v) is 2.66. The standard InChI is InChI=1S/C21H25N3O5/c1-5-13-6-8-14(9-7-13)10-16(21(26)24-22)23-20(25)15-11-17(27-2)19(29-4)18(12-15)28-3/h6-12H,5,22H2,1-4H3,(H,23,25)(H,24,26)/b16-10+. The van der Waals surface area contributed by atoms with Crippen LogP contribution in [0.3, 0.4) is 0 Å². The molecule has 0 saturated carbocycles. The Morgan fingerprint density at radius 1 is 1.00 bits per heavy atom. The van der Waals surface area contributed by atoms with Crippen LogP contribution < -0.4 is 30.8 Å². The summed E-state index contributed by atoms with van der Waals surface area (Å²) in [4.78, 5) is 24.9. The lowest BCUT2D eigenvalue weighted by atomic mass is 10.1. The van der Waals surface area contributed by atoms with Crippen molar-refractivity contribution in [3.63, 3.8) is 0 Å². The fraction of sp³-hybridized carbons (Fsp3) is 0.238. The zero-order valence-corrected chi connectivity index (χ0v) is 16.9. The number of carbonyl (C=O) groups is 2. The number of hydrogen-bond acceptors (Lipinski definition) is 6. The summed E-state index contributed by atoms with van der Waals surface area (Å²) < 4.78 is 15.8. The maximum atomic E-state index is 12.8.